The van der Waals surface area contributed by atoms with E-state index in [2.05, 4.69) is 6.07 Å². The Morgan fingerprint density at radius 3 is 1.86 bits per heavy atom. The molecule has 0 radical (unpaired) electrons. The van der Waals surface area contributed by atoms with Crippen molar-refractivity contribution in [3.05, 3.63) is 78.9 Å². The zero-order valence-corrected chi connectivity index (χ0v) is 21.2. The van der Waals surface area contributed by atoms with Gasteiger partial charge in [0.1, 0.15) is 12.4 Å². The van der Waals surface area contributed by atoms with Crippen LogP contribution in [-0.2, 0) is 30.7 Å². The van der Waals surface area contributed by atoms with Crippen molar-refractivity contribution < 1.29 is 35.4 Å². The Hall–Kier alpha value is -2.25. The fourth-order valence-corrected chi connectivity index (χ4v) is 1.84. The molecular formula is C25H32O3W. The van der Waals surface area contributed by atoms with Crippen molar-refractivity contribution in [1.29, 1.82) is 0 Å². The Labute approximate surface area is 190 Å². The van der Waals surface area contributed by atoms with Crippen molar-refractivity contribution in [2.24, 2.45) is 0 Å². The molecule has 3 aromatic rings. The van der Waals surface area contributed by atoms with E-state index in [1.54, 1.807) is 0 Å². The van der Waals surface area contributed by atoms with Gasteiger partial charge in [0.25, 0.3) is 0 Å². The normalized spacial score (nSPS) is 7.79. The summed E-state index contributed by atoms with van der Waals surface area (Å²) in [7, 11) is 0. The fourth-order valence-electron chi connectivity index (χ4n) is 1.84. The van der Waals surface area contributed by atoms with E-state index < -0.39 is 0 Å². The summed E-state index contributed by atoms with van der Waals surface area (Å²) in [5.74, 6) is 0.797. The summed E-state index contributed by atoms with van der Waals surface area (Å²) in [6, 6.07) is 26.3. The zero-order valence-electron chi connectivity index (χ0n) is 18.3. The Balaban J connectivity index is -0.000000404. The van der Waals surface area contributed by atoms with E-state index in [1.807, 2.05) is 100 Å². The molecule has 0 amide bonds. The molecule has 0 aliphatic rings. The van der Waals surface area contributed by atoms with E-state index in [0.29, 0.717) is 0 Å². The minimum Gasteiger partial charge on any atom is -0.542 e. The van der Waals surface area contributed by atoms with Crippen LogP contribution in [0.25, 0.3) is 10.8 Å². The predicted molar refractivity (Wildman–Crippen MR) is 119 cm³/mol. The smallest absolute Gasteiger partial charge is 0.542 e. The maximum Gasteiger partial charge on any atom is 2.00 e. The standard InChI is InChI=1S/C13H12O2.C6H5.C2H3O.2C2H6.W/c1-10(14)9-15-13-8-4-6-11-5-2-3-7-12(11)13;1-2-4-6-5-3-1;1-2-3;2*1-2;/h2-8H,9H2,1H3;1-5H;1H3;2*1-2H3;/q;2*-1;;;+2. The molecule has 156 valence electrons. The first kappa shape index (κ1) is 31.4. The molecule has 0 saturated heterocycles. The molecule has 3 rings (SSSR count). The third-order valence-electron chi connectivity index (χ3n) is 2.79. The summed E-state index contributed by atoms with van der Waals surface area (Å²) in [6.07, 6.45) is 1.50. The molecule has 29 heavy (non-hydrogen) atoms. The van der Waals surface area contributed by atoms with Crippen LogP contribution in [-0.4, -0.2) is 18.7 Å². The summed E-state index contributed by atoms with van der Waals surface area (Å²) < 4.78 is 5.43. The van der Waals surface area contributed by atoms with Gasteiger partial charge < -0.3 is 9.53 Å². The van der Waals surface area contributed by atoms with E-state index >= 15 is 0 Å². The monoisotopic (exact) mass is 564 g/mol. The molecular weight excluding hydrogens is 532 g/mol. The van der Waals surface area contributed by atoms with E-state index in [9.17, 15) is 4.79 Å². The average Bonchev–Trinajstić information content (AvgIpc) is 2.77. The molecule has 0 bridgehead atoms. The van der Waals surface area contributed by atoms with Gasteiger partial charge in [0.2, 0.25) is 0 Å². The Morgan fingerprint density at radius 2 is 1.41 bits per heavy atom. The van der Waals surface area contributed by atoms with Crippen LogP contribution in [0.4, 0.5) is 0 Å². The maximum absolute atomic E-state index is 10.8. The van der Waals surface area contributed by atoms with Gasteiger partial charge in [-0.15, -0.1) is 0 Å². The fraction of sp³-hybridized carbons (Fsp3) is 0.280. The molecule has 0 N–H and O–H groups in total. The number of hydrogen-bond acceptors (Lipinski definition) is 3. The second kappa shape index (κ2) is 23.8. The van der Waals surface area contributed by atoms with Crippen molar-refractivity contribution in [1.82, 2.24) is 0 Å². The largest absolute Gasteiger partial charge is 2.00 e. The molecule has 0 unspecified atom stereocenters. The molecule has 0 aliphatic heterocycles. The van der Waals surface area contributed by atoms with Gasteiger partial charge in [-0.05, 0) is 18.4 Å². The van der Waals surface area contributed by atoms with Crippen molar-refractivity contribution in [3.8, 4) is 5.75 Å². The maximum atomic E-state index is 10.8. The number of rotatable bonds is 3. The van der Waals surface area contributed by atoms with Gasteiger partial charge in [0.05, 0.1) is 0 Å². The van der Waals surface area contributed by atoms with Crippen LogP contribution in [0.1, 0.15) is 41.5 Å². The van der Waals surface area contributed by atoms with Gasteiger partial charge in [-0.1, -0.05) is 64.1 Å². The van der Waals surface area contributed by atoms with E-state index in [0.717, 1.165) is 16.5 Å². The number of hydrogen-bond donors (Lipinski definition) is 0. The van der Waals surface area contributed by atoms with Gasteiger partial charge in [-0.3, -0.25) is 11.1 Å². The number of ether oxygens (including phenoxy) is 1. The molecule has 0 heterocycles. The minimum absolute atomic E-state index is 0. The predicted octanol–water partition coefficient (Wildman–Crippen LogP) is 6.46. The third kappa shape index (κ3) is 16.4. The van der Waals surface area contributed by atoms with Crippen molar-refractivity contribution in [2.75, 3.05) is 6.61 Å². The van der Waals surface area contributed by atoms with Crippen LogP contribution in [0.3, 0.4) is 0 Å². The molecule has 0 saturated carbocycles. The first-order chi connectivity index (χ1) is 13.7. The van der Waals surface area contributed by atoms with Crippen molar-refractivity contribution >= 4 is 22.8 Å². The van der Waals surface area contributed by atoms with E-state index in [1.165, 1.54) is 20.1 Å². The topological polar surface area (TPSA) is 43.4 Å². The van der Waals surface area contributed by atoms with E-state index in [-0.39, 0.29) is 33.5 Å². The summed E-state index contributed by atoms with van der Waals surface area (Å²) in [5.41, 5.74) is 0. The van der Waals surface area contributed by atoms with Crippen LogP contribution in [0, 0.1) is 6.07 Å². The molecule has 0 aromatic heterocycles. The minimum atomic E-state index is 0. The van der Waals surface area contributed by atoms with Crippen LogP contribution >= 0.6 is 0 Å². The quantitative estimate of drug-likeness (QED) is 0.343. The van der Waals surface area contributed by atoms with Crippen molar-refractivity contribution in [3.63, 3.8) is 0 Å². The zero-order chi connectivity index (χ0) is 21.6. The molecule has 0 spiro atoms. The number of ketones is 1. The van der Waals surface area contributed by atoms with Crippen molar-refractivity contribution in [2.45, 2.75) is 41.5 Å². The summed E-state index contributed by atoms with van der Waals surface area (Å²) in [6.45, 7) is 11.0. The number of benzene rings is 3. The van der Waals surface area contributed by atoms with Gasteiger partial charge in [0, 0.05) is 5.39 Å². The summed E-state index contributed by atoms with van der Waals surface area (Å²) in [4.78, 5) is 19.5. The Morgan fingerprint density at radius 1 is 0.897 bits per heavy atom. The molecule has 0 atom stereocenters. The van der Waals surface area contributed by atoms with Crippen LogP contribution in [0.2, 0.25) is 0 Å². The van der Waals surface area contributed by atoms with Crippen LogP contribution in [0.5, 0.6) is 5.75 Å². The average molecular weight is 564 g/mol. The number of Topliss-reactive ketones (excluding diaryl/α,β-unsaturated/α-hetero) is 1. The van der Waals surface area contributed by atoms with Gasteiger partial charge in [0.15, 0.2) is 5.78 Å². The first-order valence-corrected chi connectivity index (χ1v) is 9.49. The number of fused-ring (bicyclic) bond motifs is 1. The Bertz CT molecular complexity index is 711. The molecule has 3 nitrogen and oxygen atoms in total. The molecule has 0 aliphatic carbocycles. The van der Waals surface area contributed by atoms with Gasteiger partial charge >= 0.3 is 21.1 Å². The number of carbonyl (C=O) groups excluding carboxylic acids is 2. The van der Waals surface area contributed by atoms with Gasteiger partial charge in [-0.25, -0.2) is 0 Å². The molecule has 4 heteroatoms. The van der Waals surface area contributed by atoms with Crippen LogP contribution in [0.15, 0.2) is 72.8 Å². The third-order valence-corrected chi connectivity index (χ3v) is 2.79. The van der Waals surface area contributed by atoms with E-state index in [4.69, 9.17) is 9.53 Å². The molecule has 0 fully saturated rings. The summed E-state index contributed by atoms with van der Waals surface area (Å²) in [5, 5.41) is 2.17. The Kier molecular flexibility index (Phi) is 25.8. The first-order valence-electron chi connectivity index (χ1n) is 9.49. The number of carbonyl (C=O) groups is 1. The second-order valence-corrected chi connectivity index (χ2v) is 4.75. The SMILES string of the molecule is CC.CC.CC(=O)COc1cccc2ccccc12.C[C-]=O.[W+2].[c-]1ccccc1. The van der Waals surface area contributed by atoms with Gasteiger partial charge in [-0.2, -0.15) is 43.3 Å². The second-order valence-electron chi connectivity index (χ2n) is 4.75. The van der Waals surface area contributed by atoms with Crippen LogP contribution < -0.4 is 4.74 Å². The summed E-state index contributed by atoms with van der Waals surface area (Å²) >= 11 is 0. The molecule has 3 aromatic carbocycles.